The zero-order valence-corrected chi connectivity index (χ0v) is 12.5. The molecule has 1 atom stereocenters. The van der Waals surface area contributed by atoms with Crippen molar-refractivity contribution in [1.29, 1.82) is 0 Å². The molecule has 3 heteroatoms. The standard InChI is InChI=1S/C18H21NO2/c1-3-17(15-7-5-4-6-8-15)19-18(20)13-14-9-11-16(21-2)12-10-14/h4-12,17H,3,13H2,1-2H3,(H,19,20)/t17-/m1/s1. The zero-order valence-electron chi connectivity index (χ0n) is 12.5. The number of carbonyl (C=O) groups is 1. The summed E-state index contributed by atoms with van der Waals surface area (Å²) in [7, 11) is 1.63. The van der Waals surface area contributed by atoms with Crippen LogP contribution in [-0.4, -0.2) is 13.0 Å². The first-order valence-electron chi connectivity index (χ1n) is 7.20. The molecule has 0 aliphatic heterocycles. The third kappa shape index (κ3) is 4.35. The van der Waals surface area contributed by atoms with E-state index in [1.54, 1.807) is 7.11 Å². The van der Waals surface area contributed by atoms with Gasteiger partial charge >= 0.3 is 0 Å². The van der Waals surface area contributed by atoms with E-state index in [1.165, 1.54) is 0 Å². The molecule has 0 heterocycles. The number of ether oxygens (including phenoxy) is 1. The van der Waals surface area contributed by atoms with Crippen molar-refractivity contribution in [2.45, 2.75) is 25.8 Å². The predicted molar refractivity (Wildman–Crippen MR) is 84.3 cm³/mol. The molecule has 110 valence electrons. The van der Waals surface area contributed by atoms with E-state index in [0.29, 0.717) is 6.42 Å². The van der Waals surface area contributed by atoms with Gasteiger partial charge in [-0.3, -0.25) is 4.79 Å². The topological polar surface area (TPSA) is 38.3 Å². The van der Waals surface area contributed by atoms with Gasteiger partial charge in [-0.25, -0.2) is 0 Å². The van der Waals surface area contributed by atoms with E-state index in [0.717, 1.165) is 23.3 Å². The maximum atomic E-state index is 12.2. The summed E-state index contributed by atoms with van der Waals surface area (Å²) in [5, 5.41) is 3.09. The molecule has 0 aliphatic rings. The van der Waals surface area contributed by atoms with Crippen molar-refractivity contribution in [2.75, 3.05) is 7.11 Å². The Labute approximate surface area is 126 Å². The van der Waals surface area contributed by atoms with E-state index in [4.69, 9.17) is 4.74 Å². The molecule has 2 aromatic rings. The highest BCUT2D eigenvalue weighted by molar-refractivity contribution is 5.79. The number of amides is 1. The maximum absolute atomic E-state index is 12.2. The zero-order chi connectivity index (χ0) is 15.1. The SMILES string of the molecule is CC[C@@H](NC(=O)Cc1ccc(OC)cc1)c1ccccc1. The Kier molecular flexibility index (Phi) is 5.38. The average Bonchev–Trinajstić information content (AvgIpc) is 2.54. The normalized spacial score (nSPS) is 11.7. The summed E-state index contributed by atoms with van der Waals surface area (Å²) < 4.78 is 5.11. The fraction of sp³-hybridized carbons (Fsp3) is 0.278. The molecule has 0 fully saturated rings. The van der Waals surface area contributed by atoms with Crippen molar-refractivity contribution in [3.05, 3.63) is 65.7 Å². The maximum Gasteiger partial charge on any atom is 0.224 e. The first kappa shape index (κ1) is 15.1. The van der Waals surface area contributed by atoms with Crippen LogP contribution in [0.3, 0.4) is 0 Å². The average molecular weight is 283 g/mol. The summed E-state index contributed by atoms with van der Waals surface area (Å²) >= 11 is 0. The fourth-order valence-electron chi connectivity index (χ4n) is 2.28. The molecule has 0 saturated heterocycles. The second-order valence-corrected chi connectivity index (χ2v) is 4.96. The molecule has 3 nitrogen and oxygen atoms in total. The fourth-order valence-corrected chi connectivity index (χ4v) is 2.28. The Morgan fingerprint density at radius 1 is 1.10 bits per heavy atom. The lowest BCUT2D eigenvalue weighted by molar-refractivity contribution is -0.121. The predicted octanol–water partition coefficient (Wildman–Crippen LogP) is 3.51. The number of methoxy groups -OCH3 is 1. The van der Waals surface area contributed by atoms with E-state index in [-0.39, 0.29) is 11.9 Å². The Hall–Kier alpha value is -2.29. The molecule has 2 rings (SSSR count). The van der Waals surface area contributed by atoms with Crippen molar-refractivity contribution in [2.24, 2.45) is 0 Å². The minimum Gasteiger partial charge on any atom is -0.497 e. The third-order valence-corrected chi connectivity index (χ3v) is 3.47. The van der Waals surface area contributed by atoms with Crippen LogP contribution in [0.1, 0.15) is 30.5 Å². The molecule has 0 aliphatic carbocycles. The van der Waals surface area contributed by atoms with E-state index in [9.17, 15) is 4.79 Å². The van der Waals surface area contributed by atoms with E-state index >= 15 is 0 Å². The highest BCUT2D eigenvalue weighted by Gasteiger charge is 2.12. The van der Waals surface area contributed by atoms with Crippen molar-refractivity contribution >= 4 is 5.91 Å². The van der Waals surface area contributed by atoms with Crippen LogP contribution in [0, 0.1) is 0 Å². The summed E-state index contributed by atoms with van der Waals surface area (Å²) in [6.45, 7) is 2.07. The minimum atomic E-state index is 0.0378. The molecule has 21 heavy (non-hydrogen) atoms. The lowest BCUT2D eigenvalue weighted by Crippen LogP contribution is -2.29. The van der Waals surface area contributed by atoms with Crippen LogP contribution >= 0.6 is 0 Å². The second kappa shape index (κ2) is 7.48. The Bertz CT molecular complexity index is 564. The van der Waals surface area contributed by atoms with Gasteiger partial charge in [-0.2, -0.15) is 0 Å². The summed E-state index contributed by atoms with van der Waals surface area (Å²) in [6, 6.07) is 17.7. The Morgan fingerprint density at radius 2 is 1.76 bits per heavy atom. The van der Waals surface area contributed by atoms with Crippen LogP contribution in [0.5, 0.6) is 5.75 Å². The minimum absolute atomic E-state index is 0.0378. The summed E-state index contributed by atoms with van der Waals surface area (Å²) in [5.74, 6) is 0.839. The first-order valence-corrected chi connectivity index (χ1v) is 7.20. The van der Waals surface area contributed by atoms with Crippen LogP contribution in [0.2, 0.25) is 0 Å². The van der Waals surface area contributed by atoms with Crippen molar-refractivity contribution in [1.82, 2.24) is 5.32 Å². The second-order valence-electron chi connectivity index (χ2n) is 4.96. The van der Waals surface area contributed by atoms with E-state index in [2.05, 4.69) is 12.2 Å². The number of carbonyl (C=O) groups excluding carboxylic acids is 1. The quantitative estimate of drug-likeness (QED) is 0.881. The highest BCUT2D eigenvalue weighted by Crippen LogP contribution is 2.16. The molecule has 0 unspecified atom stereocenters. The van der Waals surface area contributed by atoms with Gasteiger partial charge in [0.15, 0.2) is 0 Å². The number of nitrogens with one attached hydrogen (secondary N) is 1. The molecular weight excluding hydrogens is 262 g/mol. The Balaban J connectivity index is 1.96. The van der Waals surface area contributed by atoms with Gasteiger partial charge in [-0.15, -0.1) is 0 Å². The van der Waals surface area contributed by atoms with Gasteiger partial charge in [-0.05, 0) is 29.7 Å². The molecule has 1 amide bonds. The van der Waals surface area contributed by atoms with Gasteiger partial charge in [0.2, 0.25) is 5.91 Å². The number of benzene rings is 2. The number of hydrogen-bond acceptors (Lipinski definition) is 2. The monoisotopic (exact) mass is 283 g/mol. The molecule has 2 aromatic carbocycles. The van der Waals surface area contributed by atoms with Gasteiger partial charge in [0.1, 0.15) is 5.75 Å². The van der Waals surface area contributed by atoms with Crippen LogP contribution in [0.15, 0.2) is 54.6 Å². The Morgan fingerprint density at radius 3 is 2.33 bits per heavy atom. The molecule has 0 aromatic heterocycles. The summed E-state index contributed by atoms with van der Waals surface area (Å²) in [4.78, 5) is 12.2. The lowest BCUT2D eigenvalue weighted by Gasteiger charge is -2.17. The molecule has 0 spiro atoms. The van der Waals surface area contributed by atoms with E-state index < -0.39 is 0 Å². The lowest BCUT2D eigenvalue weighted by atomic mass is 10.0. The third-order valence-electron chi connectivity index (χ3n) is 3.47. The highest BCUT2D eigenvalue weighted by atomic mass is 16.5. The number of rotatable bonds is 6. The van der Waals surface area contributed by atoms with Crippen molar-refractivity contribution in [3.63, 3.8) is 0 Å². The summed E-state index contributed by atoms with van der Waals surface area (Å²) in [6.07, 6.45) is 1.26. The molecule has 0 bridgehead atoms. The van der Waals surface area contributed by atoms with Gasteiger partial charge in [0.05, 0.1) is 19.6 Å². The smallest absolute Gasteiger partial charge is 0.224 e. The number of hydrogen-bond donors (Lipinski definition) is 1. The van der Waals surface area contributed by atoms with Crippen molar-refractivity contribution in [3.8, 4) is 5.75 Å². The van der Waals surface area contributed by atoms with Crippen LogP contribution in [-0.2, 0) is 11.2 Å². The van der Waals surface area contributed by atoms with Gasteiger partial charge in [-0.1, -0.05) is 49.4 Å². The molecule has 0 saturated carbocycles. The van der Waals surface area contributed by atoms with Crippen LogP contribution in [0.4, 0.5) is 0 Å². The van der Waals surface area contributed by atoms with Crippen LogP contribution in [0.25, 0.3) is 0 Å². The molecule has 0 radical (unpaired) electrons. The van der Waals surface area contributed by atoms with E-state index in [1.807, 2.05) is 54.6 Å². The van der Waals surface area contributed by atoms with Gasteiger partial charge in [0.25, 0.3) is 0 Å². The largest absolute Gasteiger partial charge is 0.497 e. The molecular formula is C18H21NO2. The first-order chi connectivity index (χ1) is 10.2. The molecule has 1 N–H and O–H groups in total. The summed E-state index contributed by atoms with van der Waals surface area (Å²) in [5.41, 5.74) is 2.12. The van der Waals surface area contributed by atoms with Crippen molar-refractivity contribution < 1.29 is 9.53 Å². The van der Waals surface area contributed by atoms with Gasteiger partial charge in [0, 0.05) is 0 Å². The van der Waals surface area contributed by atoms with Gasteiger partial charge < -0.3 is 10.1 Å². The van der Waals surface area contributed by atoms with Crippen LogP contribution < -0.4 is 10.1 Å².